The highest BCUT2D eigenvalue weighted by molar-refractivity contribution is 7.99. The van der Waals surface area contributed by atoms with Crippen LogP contribution >= 0.6 is 11.8 Å². The predicted molar refractivity (Wildman–Crippen MR) is 70.0 cm³/mol. The van der Waals surface area contributed by atoms with Crippen molar-refractivity contribution in [1.82, 2.24) is 4.98 Å². The number of aromatic nitrogens is 1. The topological polar surface area (TPSA) is 45.1 Å². The second kappa shape index (κ2) is 7.52. The van der Waals surface area contributed by atoms with Crippen LogP contribution in [0.2, 0.25) is 0 Å². The van der Waals surface area contributed by atoms with Crippen molar-refractivity contribution in [1.29, 1.82) is 0 Å². The van der Waals surface area contributed by atoms with Gasteiger partial charge in [0.1, 0.15) is 5.82 Å². The van der Waals surface area contributed by atoms with E-state index in [4.69, 9.17) is 5.11 Å². The minimum Gasteiger partial charge on any atom is -0.396 e. The Bertz CT molecular complexity index is 307. The standard InChI is InChI=1S/C12H20N2OS/c1-3-7-13-11-5-4-6-12(14-11)16-9-10(2)8-15/h4-6,10,15H,3,7-9H2,1-2H3,(H,13,14). The van der Waals surface area contributed by atoms with Crippen LogP contribution in [0.4, 0.5) is 5.82 Å². The third kappa shape index (κ3) is 4.86. The van der Waals surface area contributed by atoms with Crippen LogP contribution in [0.1, 0.15) is 20.3 Å². The lowest BCUT2D eigenvalue weighted by Crippen LogP contribution is -2.04. The summed E-state index contributed by atoms with van der Waals surface area (Å²) in [4.78, 5) is 4.49. The van der Waals surface area contributed by atoms with Crippen molar-refractivity contribution in [2.75, 3.05) is 24.2 Å². The molecule has 2 N–H and O–H groups in total. The second-order valence-electron chi connectivity index (χ2n) is 3.89. The highest BCUT2D eigenvalue weighted by atomic mass is 32.2. The molecule has 0 aliphatic heterocycles. The minimum atomic E-state index is 0.237. The summed E-state index contributed by atoms with van der Waals surface area (Å²) in [6, 6.07) is 6.00. The van der Waals surface area contributed by atoms with Crippen molar-refractivity contribution in [3.05, 3.63) is 18.2 Å². The molecule has 0 aliphatic rings. The summed E-state index contributed by atoms with van der Waals surface area (Å²) in [5.41, 5.74) is 0. The summed E-state index contributed by atoms with van der Waals surface area (Å²) >= 11 is 1.69. The highest BCUT2D eigenvalue weighted by Gasteiger charge is 2.03. The van der Waals surface area contributed by atoms with Crippen molar-refractivity contribution in [2.45, 2.75) is 25.3 Å². The number of nitrogens with one attached hydrogen (secondary N) is 1. The number of nitrogens with zero attached hydrogens (tertiary/aromatic N) is 1. The number of hydrogen-bond donors (Lipinski definition) is 2. The lowest BCUT2D eigenvalue weighted by molar-refractivity contribution is 0.250. The summed E-state index contributed by atoms with van der Waals surface area (Å²) in [7, 11) is 0. The number of pyridine rings is 1. The van der Waals surface area contributed by atoms with E-state index in [1.165, 1.54) is 0 Å². The largest absolute Gasteiger partial charge is 0.396 e. The number of aliphatic hydroxyl groups is 1. The molecular formula is C12H20N2OS. The Morgan fingerprint density at radius 3 is 3.00 bits per heavy atom. The SMILES string of the molecule is CCCNc1cccc(SCC(C)CO)n1. The number of thioether (sulfide) groups is 1. The van der Waals surface area contributed by atoms with Crippen molar-refractivity contribution in [3.8, 4) is 0 Å². The van der Waals surface area contributed by atoms with Gasteiger partial charge in [-0.2, -0.15) is 0 Å². The molecule has 0 fully saturated rings. The molecule has 0 saturated heterocycles. The third-order valence-corrected chi connectivity index (χ3v) is 3.37. The van der Waals surface area contributed by atoms with Crippen LogP contribution in [0.5, 0.6) is 0 Å². The number of hydrogen-bond acceptors (Lipinski definition) is 4. The molecule has 1 heterocycles. The summed E-state index contributed by atoms with van der Waals surface area (Å²) in [5, 5.41) is 13.2. The van der Waals surface area contributed by atoms with E-state index < -0.39 is 0 Å². The zero-order chi connectivity index (χ0) is 11.8. The van der Waals surface area contributed by atoms with Crippen molar-refractivity contribution < 1.29 is 5.11 Å². The van der Waals surface area contributed by atoms with Crippen LogP contribution in [0.25, 0.3) is 0 Å². The molecule has 1 aromatic heterocycles. The molecule has 0 aliphatic carbocycles. The maximum absolute atomic E-state index is 8.94. The minimum absolute atomic E-state index is 0.237. The fourth-order valence-corrected chi connectivity index (χ4v) is 2.03. The molecule has 16 heavy (non-hydrogen) atoms. The molecule has 0 radical (unpaired) electrons. The van der Waals surface area contributed by atoms with E-state index in [1.54, 1.807) is 11.8 Å². The smallest absolute Gasteiger partial charge is 0.127 e. The van der Waals surface area contributed by atoms with Gasteiger partial charge >= 0.3 is 0 Å². The van der Waals surface area contributed by atoms with E-state index in [0.29, 0.717) is 5.92 Å². The van der Waals surface area contributed by atoms with Crippen LogP contribution in [-0.2, 0) is 0 Å². The van der Waals surface area contributed by atoms with Gasteiger partial charge in [-0.05, 0) is 24.5 Å². The summed E-state index contributed by atoms with van der Waals surface area (Å²) in [6.45, 7) is 5.36. The zero-order valence-corrected chi connectivity index (χ0v) is 10.8. The molecule has 1 rings (SSSR count). The average Bonchev–Trinajstić information content (AvgIpc) is 2.34. The molecule has 3 nitrogen and oxygen atoms in total. The van der Waals surface area contributed by atoms with Gasteiger partial charge < -0.3 is 10.4 Å². The van der Waals surface area contributed by atoms with Gasteiger partial charge in [-0.25, -0.2) is 4.98 Å². The van der Waals surface area contributed by atoms with Gasteiger partial charge in [0.2, 0.25) is 0 Å². The van der Waals surface area contributed by atoms with Gasteiger partial charge in [-0.15, -0.1) is 11.8 Å². The van der Waals surface area contributed by atoms with Crippen LogP contribution in [0.3, 0.4) is 0 Å². The Labute approximate surface area is 102 Å². The molecule has 90 valence electrons. The normalized spacial score (nSPS) is 12.4. The van der Waals surface area contributed by atoms with E-state index in [-0.39, 0.29) is 6.61 Å². The Morgan fingerprint density at radius 1 is 1.50 bits per heavy atom. The number of aliphatic hydroxyl groups excluding tert-OH is 1. The molecule has 4 heteroatoms. The second-order valence-corrected chi connectivity index (χ2v) is 4.93. The Morgan fingerprint density at radius 2 is 2.31 bits per heavy atom. The molecule has 0 saturated carbocycles. The molecular weight excluding hydrogens is 220 g/mol. The number of rotatable bonds is 7. The van der Waals surface area contributed by atoms with Gasteiger partial charge in [-0.1, -0.05) is 19.9 Å². The fourth-order valence-electron chi connectivity index (χ4n) is 1.13. The van der Waals surface area contributed by atoms with E-state index in [9.17, 15) is 0 Å². The highest BCUT2D eigenvalue weighted by Crippen LogP contribution is 2.19. The average molecular weight is 240 g/mol. The van der Waals surface area contributed by atoms with E-state index >= 15 is 0 Å². The Balaban J connectivity index is 2.46. The molecule has 1 atom stereocenters. The predicted octanol–water partition coefficient (Wildman–Crippen LogP) is 2.62. The third-order valence-electron chi connectivity index (χ3n) is 2.11. The van der Waals surface area contributed by atoms with Crippen molar-refractivity contribution in [2.24, 2.45) is 5.92 Å². The van der Waals surface area contributed by atoms with Crippen LogP contribution in [0.15, 0.2) is 23.2 Å². The molecule has 0 spiro atoms. The lowest BCUT2D eigenvalue weighted by atomic mass is 10.2. The molecule has 0 bridgehead atoms. The van der Waals surface area contributed by atoms with Crippen LogP contribution in [0, 0.1) is 5.92 Å². The first-order chi connectivity index (χ1) is 7.76. The van der Waals surface area contributed by atoms with E-state index in [0.717, 1.165) is 29.6 Å². The van der Waals surface area contributed by atoms with Crippen LogP contribution in [-0.4, -0.2) is 29.0 Å². The first-order valence-corrected chi connectivity index (χ1v) is 6.69. The Hall–Kier alpha value is -0.740. The van der Waals surface area contributed by atoms with Crippen molar-refractivity contribution >= 4 is 17.6 Å². The molecule has 1 aromatic rings. The van der Waals surface area contributed by atoms with Crippen LogP contribution < -0.4 is 5.32 Å². The fraction of sp³-hybridized carbons (Fsp3) is 0.583. The van der Waals surface area contributed by atoms with Gasteiger partial charge in [0.15, 0.2) is 0 Å². The van der Waals surface area contributed by atoms with E-state index in [2.05, 4.69) is 17.2 Å². The zero-order valence-electron chi connectivity index (χ0n) is 9.94. The Kier molecular flexibility index (Phi) is 6.26. The first kappa shape index (κ1) is 13.3. The molecule has 0 aromatic carbocycles. The monoisotopic (exact) mass is 240 g/mol. The molecule has 1 unspecified atom stereocenters. The molecule has 0 amide bonds. The lowest BCUT2D eigenvalue weighted by Gasteiger charge is -2.08. The maximum atomic E-state index is 8.94. The maximum Gasteiger partial charge on any atom is 0.127 e. The first-order valence-electron chi connectivity index (χ1n) is 5.70. The summed E-state index contributed by atoms with van der Waals surface area (Å²) in [5.74, 6) is 2.16. The van der Waals surface area contributed by atoms with Gasteiger partial charge in [0.05, 0.1) is 5.03 Å². The van der Waals surface area contributed by atoms with Crippen molar-refractivity contribution in [3.63, 3.8) is 0 Å². The van der Waals surface area contributed by atoms with Gasteiger partial charge in [0.25, 0.3) is 0 Å². The quantitative estimate of drug-likeness (QED) is 0.719. The van der Waals surface area contributed by atoms with Gasteiger partial charge in [0, 0.05) is 18.9 Å². The van der Waals surface area contributed by atoms with Gasteiger partial charge in [-0.3, -0.25) is 0 Å². The number of anilines is 1. The summed E-state index contributed by atoms with van der Waals surface area (Å²) < 4.78 is 0. The van der Waals surface area contributed by atoms with E-state index in [1.807, 2.05) is 25.1 Å². The summed E-state index contributed by atoms with van der Waals surface area (Å²) in [6.07, 6.45) is 1.10.